The lowest BCUT2D eigenvalue weighted by Gasteiger charge is -2.03. The normalized spacial score (nSPS) is 19.1. The van der Waals surface area contributed by atoms with Gasteiger partial charge in [0.25, 0.3) is 0 Å². The van der Waals surface area contributed by atoms with E-state index >= 15 is 0 Å². The summed E-state index contributed by atoms with van der Waals surface area (Å²) in [5.41, 5.74) is 0.774. The van der Waals surface area contributed by atoms with Crippen molar-refractivity contribution in [3.05, 3.63) is 48.0 Å². The van der Waals surface area contributed by atoms with Crippen molar-refractivity contribution >= 4 is 16.6 Å². The van der Waals surface area contributed by atoms with Crippen LogP contribution in [0.3, 0.4) is 0 Å². The van der Waals surface area contributed by atoms with Crippen LogP contribution >= 0.6 is 0 Å². The van der Waals surface area contributed by atoms with Crippen LogP contribution in [-0.2, 0) is 4.74 Å². The molecule has 0 N–H and O–H groups in total. The number of Topliss-reactive ketones (excluding diaryl/α,β-unsaturated/α-hetero) is 1. The molecule has 1 fully saturated rings. The van der Waals surface area contributed by atoms with E-state index in [2.05, 4.69) is 0 Å². The zero-order valence-electron chi connectivity index (χ0n) is 8.14. The van der Waals surface area contributed by atoms with E-state index in [0.717, 1.165) is 16.3 Å². The molecule has 2 aromatic rings. The summed E-state index contributed by atoms with van der Waals surface area (Å²) >= 11 is 0. The Hall–Kier alpha value is -1.67. The first-order chi connectivity index (χ1) is 7.36. The summed E-state index contributed by atoms with van der Waals surface area (Å²) in [6.07, 6.45) is -0.198. The number of hydrogen-bond donors (Lipinski definition) is 0. The van der Waals surface area contributed by atoms with Crippen molar-refractivity contribution in [3.8, 4) is 0 Å². The van der Waals surface area contributed by atoms with Crippen molar-refractivity contribution in [2.45, 2.75) is 6.10 Å². The predicted molar refractivity (Wildman–Crippen MR) is 58.0 cm³/mol. The largest absolute Gasteiger partial charge is 0.364 e. The Kier molecular flexibility index (Phi) is 1.82. The molecule has 15 heavy (non-hydrogen) atoms. The Balaban J connectivity index is 2.20. The Morgan fingerprint density at radius 2 is 1.87 bits per heavy atom. The maximum Gasteiger partial charge on any atom is 0.194 e. The molecule has 0 radical (unpaired) electrons. The standard InChI is InChI=1S/C13H10O2/c14-13(12-8-15-12)11-7-3-5-9-4-1-2-6-10(9)11/h1-7,12H,8H2. The third kappa shape index (κ3) is 1.43. The van der Waals surface area contributed by atoms with E-state index in [-0.39, 0.29) is 11.9 Å². The number of epoxide rings is 1. The van der Waals surface area contributed by atoms with Crippen LogP contribution in [0.15, 0.2) is 42.5 Å². The van der Waals surface area contributed by atoms with Crippen molar-refractivity contribution in [2.75, 3.05) is 6.61 Å². The quantitative estimate of drug-likeness (QED) is 0.548. The Labute approximate surface area is 87.5 Å². The van der Waals surface area contributed by atoms with Crippen LogP contribution in [0.4, 0.5) is 0 Å². The van der Waals surface area contributed by atoms with Gasteiger partial charge in [-0.2, -0.15) is 0 Å². The van der Waals surface area contributed by atoms with E-state index in [1.807, 2.05) is 42.5 Å². The Morgan fingerprint density at radius 3 is 2.67 bits per heavy atom. The van der Waals surface area contributed by atoms with Crippen molar-refractivity contribution in [2.24, 2.45) is 0 Å². The van der Waals surface area contributed by atoms with Crippen molar-refractivity contribution < 1.29 is 9.53 Å². The number of rotatable bonds is 2. The second-order valence-electron chi connectivity index (χ2n) is 3.71. The summed E-state index contributed by atoms with van der Waals surface area (Å²) in [6.45, 7) is 0.571. The van der Waals surface area contributed by atoms with Gasteiger partial charge in [-0.15, -0.1) is 0 Å². The van der Waals surface area contributed by atoms with Crippen LogP contribution in [0.2, 0.25) is 0 Å². The fourth-order valence-electron chi connectivity index (χ4n) is 1.81. The van der Waals surface area contributed by atoms with Crippen LogP contribution in [0, 0.1) is 0 Å². The van der Waals surface area contributed by atoms with Gasteiger partial charge in [-0.1, -0.05) is 42.5 Å². The van der Waals surface area contributed by atoms with Gasteiger partial charge in [0.1, 0.15) is 6.10 Å². The van der Waals surface area contributed by atoms with Gasteiger partial charge in [-0.3, -0.25) is 4.79 Å². The average molecular weight is 198 g/mol. The summed E-state index contributed by atoms with van der Waals surface area (Å²) in [6, 6.07) is 13.7. The molecule has 1 saturated heterocycles. The van der Waals surface area contributed by atoms with Gasteiger partial charge in [0, 0.05) is 5.56 Å². The maximum absolute atomic E-state index is 11.9. The summed E-state index contributed by atoms with van der Waals surface area (Å²) < 4.78 is 5.02. The topological polar surface area (TPSA) is 29.6 Å². The van der Waals surface area contributed by atoms with E-state index in [0.29, 0.717) is 6.61 Å². The van der Waals surface area contributed by atoms with Crippen molar-refractivity contribution in [3.63, 3.8) is 0 Å². The van der Waals surface area contributed by atoms with Crippen molar-refractivity contribution in [1.82, 2.24) is 0 Å². The van der Waals surface area contributed by atoms with Gasteiger partial charge < -0.3 is 4.74 Å². The molecule has 0 aliphatic carbocycles. The first-order valence-electron chi connectivity index (χ1n) is 5.00. The molecule has 1 heterocycles. The number of carbonyl (C=O) groups is 1. The molecular weight excluding hydrogens is 188 g/mol. The highest BCUT2D eigenvalue weighted by Crippen LogP contribution is 2.23. The monoisotopic (exact) mass is 198 g/mol. The zero-order chi connectivity index (χ0) is 10.3. The van der Waals surface area contributed by atoms with Crippen LogP contribution < -0.4 is 0 Å². The number of ketones is 1. The molecule has 3 rings (SSSR count). The highest BCUT2D eigenvalue weighted by molar-refractivity contribution is 6.10. The van der Waals surface area contributed by atoms with Gasteiger partial charge in [-0.05, 0) is 10.8 Å². The first-order valence-corrected chi connectivity index (χ1v) is 5.00. The third-order valence-corrected chi connectivity index (χ3v) is 2.68. The van der Waals surface area contributed by atoms with Gasteiger partial charge in [-0.25, -0.2) is 0 Å². The minimum absolute atomic E-state index is 0.104. The molecule has 0 saturated carbocycles. The van der Waals surface area contributed by atoms with Crippen LogP contribution in [0.1, 0.15) is 10.4 Å². The lowest BCUT2D eigenvalue weighted by molar-refractivity contribution is 0.0955. The van der Waals surface area contributed by atoms with Gasteiger partial charge in [0.15, 0.2) is 5.78 Å². The third-order valence-electron chi connectivity index (χ3n) is 2.68. The molecule has 1 unspecified atom stereocenters. The second kappa shape index (κ2) is 3.17. The number of hydrogen-bond acceptors (Lipinski definition) is 2. The fourth-order valence-corrected chi connectivity index (χ4v) is 1.81. The van der Waals surface area contributed by atoms with E-state index in [9.17, 15) is 4.79 Å². The van der Waals surface area contributed by atoms with Crippen LogP contribution in [0.5, 0.6) is 0 Å². The molecule has 1 atom stereocenters. The number of benzene rings is 2. The molecule has 2 aromatic carbocycles. The SMILES string of the molecule is O=C(c1cccc2ccccc12)C1CO1. The molecule has 2 nitrogen and oxygen atoms in total. The smallest absolute Gasteiger partial charge is 0.194 e. The van der Waals surface area contributed by atoms with Crippen molar-refractivity contribution in [1.29, 1.82) is 0 Å². The second-order valence-corrected chi connectivity index (χ2v) is 3.71. The van der Waals surface area contributed by atoms with E-state index in [1.165, 1.54) is 0 Å². The van der Waals surface area contributed by atoms with E-state index in [1.54, 1.807) is 0 Å². The summed E-state index contributed by atoms with van der Waals surface area (Å²) in [7, 11) is 0. The van der Waals surface area contributed by atoms with Crippen LogP contribution in [-0.4, -0.2) is 18.5 Å². The molecule has 1 aliphatic heterocycles. The minimum Gasteiger partial charge on any atom is -0.364 e. The fraction of sp³-hybridized carbons (Fsp3) is 0.154. The van der Waals surface area contributed by atoms with Gasteiger partial charge >= 0.3 is 0 Å². The zero-order valence-corrected chi connectivity index (χ0v) is 8.14. The molecule has 2 heteroatoms. The lowest BCUT2D eigenvalue weighted by Crippen LogP contribution is -2.07. The number of fused-ring (bicyclic) bond motifs is 1. The molecule has 0 bridgehead atoms. The van der Waals surface area contributed by atoms with Gasteiger partial charge in [0.2, 0.25) is 0 Å². The molecular formula is C13H10O2. The maximum atomic E-state index is 11.9. The molecule has 0 spiro atoms. The average Bonchev–Trinajstić information content (AvgIpc) is 3.11. The van der Waals surface area contributed by atoms with Crippen LogP contribution in [0.25, 0.3) is 10.8 Å². The molecule has 1 aliphatic rings. The van der Waals surface area contributed by atoms with E-state index in [4.69, 9.17) is 4.74 Å². The summed E-state index contributed by atoms with van der Waals surface area (Å²) in [5, 5.41) is 2.12. The Morgan fingerprint density at radius 1 is 1.13 bits per heavy atom. The Bertz CT molecular complexity index is 522. The predicted octanol–water partition coefficient (Wildman–Crippen LogP) is 2.42. The van der Waals surface area contributed by atoms with E-state index < -0.39 is 0 Å². The van der Waals surface area contributed by atoms with Gasteiger partial charge in [0.05, 0.1) is 6.61 Å². The highest BCUT2D eigenvalue weighted by Gasteiger charge is 2.32. The summed E-state index contributed by atoms with van der Waals surface area (Å²) in [4.78, 5) is 11.9. The molecule has 0 aromatic heterocycles. The first kappa shape index (κ1) is 8.62. The minimum atomic E-state index is -0.198. The summed E-state index contributed by atoms with van der Waals surface area (Å²) in [5.74, 6) is 0.104. The lowest BCUT2D eigenvalue weighted by atomic mass is 10.0. The molecule has 0 amide bonds. The number of ether oxygens (including phenoxy) is 1. The highest BCUT2D eigenvalue weighted by atomic mass is 16.6. The number of carbonyl (C=O) groups excluding carboxylic acids is 1. The molecule has 74 valence electrons.